The first kappa shape index (κ1) is 5.92. The van der Waals surface area contributed by atoms with Crippen LogP contribution in [0.2, 0.25) is 0 Å². The van der Waals surface area contributed by atoms with E-state index in [1.165, 1.54) is 0 Å². The summed E-state index contributed by atoms with van der Waals surface area (Å²) in [5, 5.41) is 11.1. The molecule has 0 fully saturated rings. The summed E-state index contributed by atoms with van der Waals surface area (Å²) in [6, 6.07) is 0. The molecule has 0 saturated carbocycles. The Bertz CT molecular complexity index is 26.7. The molecular formula is C4H10NO. The summed E-state index contributed by atoms with van der Waals surface area (Å²) in [4.78, 5) is 0. The van der Waals surface area contributed by atoms with Crippen molar-refractivity contribution >= 4 is 0 Å². The first-order valence-electron chi connectivity index (χ1n) is 1.96. The van der Waals surface area contributed by atoms with Crippen LogP contribution in [0.1, 0.15) is 6.42 Å². The van der Waals surface area contributed by atoms with Crippen LogP contribution < -0.4 is 5.32 Å². The van der Waals surface area contributed by atoms with Crippen molar-refractivity contribution in [1.29, 1.82) is 0 Å². The Morgan fingerprint density at radius 1 is 2.00 bits per heavy atom. The van der Waals surface area contributed by atoms with E-state index >= 15 is 0 Å². The highest BCUT2D eigenvalue weighted by Crippen LogP contribution is 1.77. The van der Waals surface area contributed by atoms with Crippen molar-refractivity contribution in [3.63, 3.8) is 0 Å². The Morgan fingerprint density at radius 3 is 2.50 bits per heavy atom. The smallest absolute Gasteiger partial charge is 0.104 e. The van der Waals surface area contributed by atoms with Gasteiger partial charge in [-0.25, -0.2) is 0 Å². The van der Waals surface area contributed by atoms with Crippen molar-refractivity contribution in [3.05, 3.63) is 6.92 Å². The molecule has 2 N–H and O–H groups in total. The van der Waals surface area contributed by atoms with E-state index in [2.05, 4.69) is 12.2 Å². The second-order valence-corrected chi connectivity index (χ2v) is 1.09. The SMILES string of the molecule is [CH2]CC(O)NC. The Morgan fingerprint density at radius 2 is 2.50 bits per heavy atom. The third-order valence-corrected chi connectivity index (χ3v) is 0.607. The monoisotopic (exact) mass is 88.1 g/mol. The van der Waals surface area contributed by atoms with E-state index in [4.69, 9.17) is 5.11 Å². The second kappa shape index (κ2) is 3.12. The number of hydrogen-bond donors (Lipinski definition) is 2. The first-order chi connectivity index (χ1) is 2.81. The Labute approximate surface area is 38.2 Å². The highest BCUT2D eigenvalue weighted by atomic mass is 16.3. The molecule has 0 bridgehead atoms. The largest absolute Gasteiger partial charge is 0.379 e. The Kier molecular flexibility index (Phi) is 3.08. The van der Waals surface area contributed by atoms with E-state index in [1.807, 2.05) is 0 Å². The molecule has 0 aliphatic rings. The molecule has 1 unspecified atom stereocenters. The quantitative estimate of drug-likeness (QED) is 0.456. The lowest BCUT2D eigenvalue weighted by atomic mass is 10.4. The molecular weight excluding hydrogens is 78.0 g/mol. The summed E-state index contributed by atoms with van der Waals surface area (Å²) in [7, 11) is 1.69. The van der Waals surface area contributed by atoms with Crippen molar-refractivity contribution in [1.82, 2.24) is 5.32 Å². The van der Waals surface area contributed by atoms with Gasteiger partial charge in [-0.05, 0) is 20.4 Å². The fourth-order valence-corrected chi connectivity index (χ4v) is 0.144. The third-order valence-electron chi connectivity index (χ3n) is 0.607. The summed E-state index contributed by atoms with van der Waals surface area (Å²) < 4.78 is 0. The average Bonchev–Trinajstić information content (AvgIpc) is 1.65. The van der Waals surface area contributed by atoms with Crippen molar-refractivity contribution in [2.24, 2.45) is 0 Å². The lowest BCUT2D eigenvalue weighted by Gasteiger charge is -2.01. The van der Waals surface area contributed by atoms with Crippen LogP contribution in [0.15, 0.2) is 0 Å². The zero-order valence-corrected chi connectivity index (χ0v) is 3.94. The standard InChI is InChI=1S/C4H10NO/c1-3-4(6)5-2/h4-6H,1,3H2,2H3. The molecule has 0 aliphatic carbocycles. The molecule has 0 aliphatic heterocycles. The van der Waals surface area contributed by atoms with Gasteiger partial charge in [0.1, 0.15) is 6.23 Å². The lowest BCUT2D eigenvalue weighted by Crippen LogP contribution is -2.22. The van der Waals surface area contributed by atoms with Crippen LogP contribution in [0.4, 0.5) is 0 Å². The molecule has 2 nitrogen and oxygen atoms in total. The minimum Gasteiger partial charge on any atom is -0.379 e. The maximum Gasteiger partial charge on any atom is 0.104 e. The van der Waals surface area contributed by atoms with Crippen LogP contribution in [0.5, 0.6) is 0 Å². The fraction of sp³-hybridized carbons (Fsp3) is 0.750. The van der Waals surface area contributed by atoms with Crippen molar-refractivity contribution in [2.75, 3.05) is 7.05 Å². The molecule has 0 spiro atoms. The molecule has 0 aromatic rings. The van der Waals surface area contributed by atoms with Gasteiger partial charge in [0.25, 0.3) is 0 Å². The Hall–Kier alpha value is -0.0800. The van der Waals surface area contributed by atoms with Crippen LogP contribution in [-0.4, -0.2) is 18.4 Å². The van der Waals surface area contributed by atoms with Gasteiger partial charge in [-0.15, -0.1) is 0 Å². The maximum atomic E-state index is 8.49. The van der Waals surface area contributed by atoms with E-state index < -0.39 is 6.23 Å². The fourth-order valence-electron chi connectivity index (χ4n) is 0.144. The highest BCUT2D eigenvalue weighted by molar-refractivity contribution is 4.47. The summed E-state index contributed by atoms with van der Waals surface area (Å²) in [5.41, 5.74) is 0. The van der Waals surface area contributed by atoms with Gasteiger partial charge in [-0.3, -0.25) is 5.32 Å². The number of aliphatic hydroxyl groups excluding tert-OH is 1. The maximum absolute atomic E-state index is 8.49. The second-order valence-electron chi connectivity index (χ2n) is 1.09. The van der Waals surface area contributed by atoms with Gasteiger partial charge in [0, 0.05) is 0 Å². The number of aliphatic hydroxyl groups is 1. The molecule has 0 rings (SSSR count). The van der Waals surface area contributed by atoms with E-state index in [0.29, 0.717) is 6.42 Å². The van der Waals surface area contributed by atoms with Gasteiger partial charge in [-0.2, -0.15) is 0 Å². The third kappa shape index (κ3) is 2.18. The topological polar surface area (TPSA) is 32.3 Å². The van der Waals surface area contributed by atoms with Gasteiger partial charge >= 0.3 is 0 Å². The first-order valence-corrected chi connectivity index (χ1v) is 1.96. The van der Waals surface area contributed by atoms with Crippen LogP contribution in [-0.2, 0) is 0 Å². The van der Waals surface area contributed by atoms with E-state index in [9.17, 15) is 0 Å². The molecule has 1 atom stereocenters. The van der Waals surface area contributed by atoms with Crippen molar-refractivity contribution in [3.8, 4) is 0 Å². The van der Waals surface area contributed by atoms with Crippen molar-refractivity contribution in [2.45, 2.75) is 12.6 Å². The predicted molar refractivity (Wildman–Crippen MR) is 25.0 cm³/mol. The van der Waals surface area contributed by atoms with Gasteiger partial charge < -0.3 is 5.11 Å². The van der Waals surface area contributed by atoms with Gasteiger partial charge in [-0.1, -0.05) is 0 Å². The number of nitrogens with one attached hydrogen (secondary N) is 1. The molecule has 0 aromatic carbocycles. The number of rotatable bonds is 2. The van der Waals surface area contributed by atoms with E-state index in [-0.39, 0.29) is 0 Å². The number of hydrogen-bond acceptors (Lipinski definition) is 2. The minimum absolute atomic E-state index is 0.426. The summed E-state index contributed by atoms with van der Waals surface area (Å²) in [6.07, 6.45) is 0.0984. The van der Waals surface area contributed by atoms with Crippen LogP contribution in [0, 0.1) is 6.92 Å². The van der Waals surface area contributed by atoms with Crippen LogP contribution in [0.3, 0.4) is 0 Å². The summed E-state index contributed by atoms with van der Waals surface area (Å²) >= 11 is 0. The van der Waals surface area contributed by atoms with Gasteiger partial charge in [0.05, 0.1) is 0 Å². The average molecular weight is 88.1 g/mol. The molecule has 0 aromatic heterocycles. The molecule has 0 amide bonds. The van der Waals surface area contributed by atoms with Gasteiger partial charge in [0.15, 0.2) is 0 Å². The molecule has 0 heterocycles. The highest BCUT2D eigenvalue weighted by Gasteiger charge is 1.88. The molecule has 6 heavy (non-hydrogen) atoms. The van der Waals surface area contributed by atoms with E-state index in [1.54, 1.807) is 7.05 Å². The predicted octanol–water partition coefficient (Wildman–Crippen LogP) is -0.252. The summed E-state index contributed by atoms with van der Waals surface area (Å²) in [6.45, 7) is 3.44. The molecule has 37 valence electrons. The van der Waals surface area contributed by atoms with Crippen molar-refractivity contribution < 1.29 is 5.11 Å². The zero-order chi connectivity index (χ0) is 4.99. The Balaban J connectivity index is 2.75. The molecule has 2 heteroatoms. The molecule has 1 radical (unpaired) electrons. The van der Waals surface area contributed by atoms with Crippen LogP contribution >= 0.6 is 0 Å². The normalized spacial score (nSPS) is 14.5. The molecule has 0 saturated heterocycles. The summed E-state index contributed by atoms with van der Waals surface area (Å²) in [5.74, 6) is 0. The lowest BCUT2D eigenvalue weighted by molar-refractivity contribution is 0.149. The van der Waals surface area contributed by atoms with Gasteiger partial charge in [0.2, 0.25) is 0 Å². The minimum atomic E-state index is -0.426. The van der Waals surface area contributed by atoms with Crippen LogP contribution in [0.25, 0.3) is 0 Å². The zero-order valence-electron chi connectivity index (χ0n) is 3.94. The van der Waals surface area contributed by atoms with E-state index in [0.717, 1.165) is 0 Å².